The number of amides is 1. The molecule has 1 aliphatic heterocycles. The van der Waals surface area contributed by atoms with Gasteiger partial charge in [-0.2, -0.15) is 0 Å². The van der Waals surface area contributed by atoms with Crippen molar-refractivity contribution in [3.05, 3.63) is 30.1 Å². The van der Waals surface area contributed by atoms with Crippen LogP contribution < -0.4 is 4.74 Å². The van der Waals surface area contributed by atoms with E-state index in [0.29, 0.717) is 11.8 Å². The summed E-state index contributed by atoms with van der Waals surface area (Å²) in [5.74, 6) is 0.217. The molecule has 0 aromatic heterocycles. The molecule has 0 bridgehead atoms. The van der Waals surface area contributed by atoms with Crippen LogP contribution in [0.25, 0.3) is 0 Å². The van der Waals surface area contributed by atoms with Gasteiger partial charge in [0.05, 0.1) is 0 Å². The van der Waals surface area contributed by atoms with E-state index in [2.05, 4.69) is 4.90 Å². The van der Waals surface area contributed by atoms with E-state index in [9.17, 15) is 9.18 Å². The lowest BCUT2D eigenvalue weighted by atomic mass is 9.88. The van der Waals surface area contributed by atoms with Crippen molar-refractivity contribution in [1.29, 1.82) is 0 Å². The number of rotatable bonds is 5. The van der Waals surface area contributed by atoms with Crippen LogP contribution in [0.5, 0.6) is 5.75 Å². The minimum absolute atomic E-state index is 0. The molecule has 1 aromatic rings. The molecule has 0 spiro atoms. The molecule has 3 rings (SSSR count). The van der Waals surface area contributed by atoms with E-state index in [1.807, 2.05) is 11.9 Å². The molecule has 0 N–H and O–H groups in total. The quantitative estimate of drug-likeness (QED) is 0.795. The maximum atomic E-state index is 12.9. The summed E-state index contributed by atoms with van der Waals surface area (Å²) >= 11 is 0. The Morgan fingerprint density at radius 3 is 2.48 bits per heavy atom. The monoisotopic (exact) mass is 370 g/mol. The average Bonchev–Trinajstić information content (AvgIpc) is 3.15. The molecule has 2 aliphatic rings. The zero-order valence-corrected chi connectivity index (χ0v) is 15.6. The van der Waals surface area contributed by atoms with Gasteiger partial charge in [0.2, 0.25) is 0 Å². The van der Waals surface area contributed by atoms with Crippen molar-refractivity contribution in [2.24, 2.45) is 0 Å². The largest absolute Gasteiger partial charge is 0.484 e. The third kappa shape index (κ3) is 5.08. The van der Waals surface area contributed by atoms with E-state index in [0.717, 1.165) is 19.5 Å². The molecule has 25 heavy (non-hydrogen) atoms. The van der Waals surface area contributed by atoms with Gasteiger partial charge in [-0.05, 0) is 63.0 Å². The topological polar surface area (TPSA) is 32.8 Å². The SMILES string of the molecule is CN(C(=O)COc1ccc(F)cc1)C1CCCCC1N1CCCC1.Cl. The number of benzene rings is 1. The van der Waals surface area contributed by atoms with E-state index >= 15 is 0 Å². The minimum atomic E-state index is -0.304. The number of nitrogens with zero attached hydrogens (tertiary/aromatic N) is 2. The van der Waals surface area contributed by atoms with E-state index < -0.39 is 0 Å². The van der Waals surface area contributed by atoms with Gasteiger partial charge in [0, 0.05) is 19.1 Å². The fourth-order valence-electron chi connectivity index (χ4n) is 4.01. The molecule has 2 unspecified atom stereocenters. The second-order valence-electron chi connectivity index (χ2n) is 6.91. The zero-order valence-electron chi connectivity index (χ0n) is 14.8. The Bertz CT molecular complexity index is 549. The van der Waals surface area contributed by atoms with Crippen LogP contribution in [0.1, 0.15) is 38.5 Å². The van der Waals surface area contributed by atoms with Crippen LogP contribution in [0.3, 0.4) is 0 Å². The maximum Gasteiger partial charge on any atom is 0.260 e. The minimum Gasteiger partial charge on any atom is -0.484 e. The number of carbonyl (C=O) groups is 1. The number of ether oxygens (including phenoxy) is 1. The number of likely N-dealkylation sites (N-methyl/N-ethyl adjacent to an activating group) is 1. The van der Waals surface area contributed by atoms with Crippen molar-refractivity contribution in [2.45, 2.75) is 50.6 Å². The molecule has 1 saturated heterocycles. The Morgan fingerprint density at radius 2 is 1.80 bits per heavy atom. The van der Waals surface area contributed by atoms with Gasteiger partial charge < -0.3 is 9.64 Å². The van der Waals surface area contributed by atoms with Crippen molar-refractivity contribution in [3.63, 3.8) is 0 Å². The molecule has 1 heterocycles. The highest BCUT2D eigenvalue weighted by molar-refractivity contribution is 5.85. The van der Waals surface area contributed by atoms with Crippen molar-refractivity contribution < 1.29 is 13.9 Å². The number of halogens is 2. The number of carbonyl (C=O) groups excluding carboxylic acids is 1. The normalized spacial score (nSPS) is 23.8. The van der Waals surface area contributed by atoms with E-state index in [4.69, 9.17) is 4.74 Å². The summed E-state index contributed by atoms with van der Waals surface area (Å²) in [7, 11) is 1.90. The van der Waals surface area contributed by atoms with Crippen molar-refractivity contribution in [3.8, 4) is 5.75 Å². The molecule has 1 aromatic carbocycles. The Hall–Kier alpha value is -1.33. The van der Waals surface area contributed by atoms with Crippen LogP contribution >= 0.6 is 12.4 Å². The smallest absolute Gasteiger partial charge is 0.260 e. The summed E-state index contributed by atoms with van der Waals surface area (Å²) in [6.07, 6.45) is 7.24. The highest BCUT2D eigenvalue weighted by Crippen LogP contribution is 2.29. The molecule has 1 amide bonds. The second kappa shape index (κ2) is 9.39. The summed E-state index contributed by atoms with van der Waals surface area (Å²) in [6.45, 7) is 2.33. The Labute approximate surface area is 155 Å². The second-order valence-corrected chi connectivity index (χ2v) is 6.91. The van der Waals surface area contributed by atoms with Crippen LogP contribution in [-0.2, 0) is 4.79 Å². The first-order valence-electron chi connectivity index (χ1n) is 9.03. The average molecular weight is 371 g/mol. The third-order valence-electron chi connectivity index (χ3n) is 5.37. The van der Waals surface area contributed by atoms with Crippen LogP contribution in [0.15, 0.2) is 24.3 Å². The molecule has 0 radical (unpaired) electrons. The predicted molar refractivity (Wildman–Crippen MR) is 98.8 cm³/mol. The zero-order chi connectivity index (χ0) is 16.9. The first kappa shape index (κ1) is 20.0. The first-order chi connectivity index (χ1) is 11.6. The molecular formula is C19H28ClFN2O2. The Morgan fingerprint density at radius 1 is 1.16 bits per heavy atom. The molecule has 140 valence electrons. The van der Waals surface area contributed by atoms with Gasteiger partial charge in [0.25, 0.3) is 5.91 Å². The fourth-order valence-corrected chi connectivity index (χ4v) is 4.01. The van der Waals surface area contributed by atoms with Gasteiger partial charge in [-0.25, -0.2) is 4.39 Å². The lowest BCUT2D eigenvalue weighted by Crippen LogP contribution is -2.53. The number of hydrogen-bond donors (Lipinski definition) is 0. The molecule has 2 fully saturated rings. The van der Waals surface area contributed by atoms with Crippen molar-refractivity contribution in [1.82, 2.24) is 9.80 Å². The number of likely N-dealkylation sites (tertiary alicyclic amines) is 1. The third-order valence-corrected chi connectivity index (χ3v) is 5.37. The molecule has 1 aliphatic carbocycles. The van der Waals surface area contributed by atoms with Crippen LogP contribution in [0, 0.1) is 5.82 Å². The van der Waals surface area contributed by atoms with Gasteiger partial charge >= 0.3 is 0 Å². The lowest BCUT2D eigenvalue weighted by Gasteiger charge is -2.42. The van der Waals surface area contributed by atoms with E-state index in [1.165, 1.54) is 44.2 Å². The summed E-state index contributed by atoms with van der Waals surface area (Å²) < 4.78 is 18.4. The highest BCUT2D eigenvalue weighted by atomic mass is 35.5. The summed E-state index contributed by atoms with van der Waals surface area (Å²) in [4.78, 5) is 17.0. The van der Waals surface area contributed by atoms with Crippen molar-refractivity contribution >= 4 is 18.3 Å². The van der Waals surface area contributed by atoms with Gasteiger partial charge in [0.1, 0.15) is 11.6 Å². The highest BCUT2D eigenvalue weighted by Gasteiger charge is 2.35. The van der Waals surface area contributed by atoms with Gasteiger partial charge in [-0.15, -0.1) is 12.4 Å². The van der Waals surface area contributed by atoms with E-state index in [1.54, 1.807) is 12.1 Å². The molecule has 6 heteroatoms. The fraction of sp³-hybridized carbons (Fsp3) is 0.632. The summed E-state index contributed by atoms with van der Waals surface area (Å²) in [6, 6.07) is 6.55. The summed E-state index contributed by atoms with van der Waals surface area (Å²) in [5.41, 5.74) is 0. The number of hydrogen-bond acceptors (Lipinski definition) is 3. The van der Waals surface area contributed by atoms with Crippen LogP contribution in [0.2, 0.25) is 0 Å². The molecule has 4 nitrogen and oxygen atoms in total. The van der Waals surface area contributed by atoms with Gasteiger partial charge in [0.15, 0.2) is 6.61 Å². The van der Waals surface area contributed by atoms with Crippen LogP contribution in [0.4, 0.5) is 4.39 Å². The first-order valence-corrected chi connectivity index (χ1v) is 9.03. The van der Waals surface area contributed by atoms with E-state index in [-0.39, 0.29) is 36.8 Å². The summed E-state index contributed by atoms with van der Waals surface area (Å²) in [5, 5.41) is 0. The van der Waals surface area contributed by atoms with Gasteiger partial charge in [-0.3, -0.25) is 9.69 Å². The van der Waals surface area contributed by atoms with Crippen molar-refractivity contribution in [2.75, 3.05) is 26.7 Å². The van der Waals surface area contributed by atoms with Gasteiger partial charge in [-0.1, -0.05) is 12.8 Å². The lowest BCUT2D eigenvalue weighted by molar-refractivity contribution is -0.136. The van der Waals surface area contributed by atoms with Crippen LogP contribution in [-0.4, -0.2) is 54.5 Å². The standard InChI is InChI=1S/C19H27FN2O2.ClH/c1-21(19(23)14-24-16-10-8-15(20)9-11-16)17-6-2-3-7-18(17)22-12-4-5-13-22;/h8-11,17-18H,2-7,12-14H2,1H3;1H. The maximum absolute atomic E-state index is 12.9. The molecule has 1 saturated carbocycles. The Balaban J connectivity index is 0.00000225. The predicted octanol–water partition coefficient (Wildman–Crippen LogP) is 3.49. The molecular weight excluding hydrogens is 343 g/mol. The molecule has 2 atom stereocenters. The Kier molecular flexibility index (Phi) is 7.51.